The molecule has 1 aromatic heterocycles. The molecule has 122 valence electrons. The van der Waals surface area contributed by atoms with Crippen molar-refractivity contribution >= 4 is 22.8 Å². The lowest BCUT2D eigenvalue weighted by Gasteiger charge is -2.20. The third kappa shape index (κ3) is 4.15. The molecule has 23 heavy (non-hydrogen) atoms. The summed E-state index contributed by atoms with van der Waals surface area (Å²) in [5.41, 5.74) is -0.740. The fraction of sp³-hybridized carbons (Fsp3) is 0.375. The fourth-order valence-corrected chi connectivity index (χ4v) is 2.17. The Morgan fingerprint density at radius 2 is 1.91 bits per heavy atom. The number of carboxylic acids is 1. The van der Waals surface area contributed by atoms with Gasteiger partial charge in [0.15, 0.2) is 0 Å². The first-order valence-corrected chi connectivity index (χ1v) is 7.10. The summed E-state index contributed by atoms with van der Waals surface area (Å²) in [7, 11) is 0. The fourth-order valence-electron chi connectivity index (χ4n) is 2.17. The van der Waals surface area contributed by atoms with Gasteiger partial charge >= 0.3 is 11.9 Å². The molecule has 0 aliphatic carbocycles. The van der Waals surface area contributed by atoms with Gasteiger partial charge in [-0.2, -0.15) is 5.10 Å². The van der Waals surface area contributed by atoms with Crippen molar-refractivity contribution < 1.29 is 19.4 Å². The molecule has 0 radical (unpaired) electrons. The smallest absolute Gasteiger partial charge is 0.328 e. The van der Waals surface area contributed by atoms with E-state index in [1.54, 1.807) is 45.0 Å². The second-order valence-corrected chi connectivity index (χ2v) is 6.11. The summed E-state index contributed by atoms with van der Waals surface area (Å²) in [4.78, 5) is 35.2. The van der Waals surface area contributed by atoms with E-state index < -0.39 is 29.4 Å². The highest BCUT2D eigenvalue weighted by Crippen LogP contribution is 2.12. The average molecular weight is 318 g/mol. The maximum atomic E-state index is 12.3. The first-order valence-electron chi connectivity index (χ1n) is 7.10. The van der Waals surface area contributed by atoms with Gasteiger partial charge in [-0.15, -0.1) is 0 Å². The van der Waals surface area contributed by atoms with Gasteiger partial charge < -0.3 is 9.84 Å². The van der Waals surface area contributed by atoms with Crippen LogP contribution in [0.25, 0.3) is 10.9 Å². The molecule has 0 atom stereocenters. The van der Waals surface area contributed by atoms with Crippen LogP contribution in [-0.4, -0.2) is 32.4 Å². The quantitative estimate of drug-likeness (QED) is 0.855. The molecule has 7 nitrogen and oxygen atoms in total. The molecule has 1 aromatic carbocycles. The molecule has 7 heteroatoms. The SMILES string of the molecule is CC(C)(C)OC(=O)Cn1nc(CC(=O)O)c(=O)c2ccccc21. The van der Waals surface area contributed by atoms with Gasteiger partial charge in [-0.05, 0) is 32.9 Å². The van der Waals surface area contributed by atoms with E-state index in [9.17, 15) is 14.4 Å². The Hall–Kier alpha value is -2.70. The molecule has 0 fully saturated rings. The van der Waals surface area contributed by atoms with Gasteiger partial charge in [0.1, 0.15) is 17.8 Å². The number of hydrogen-bond acceptors (Lipinski definition) is 5. The van der Waals surface area contributed by atoms with Gasteiger partial charge in [-0.3, -0.25) is 19.1 Å². The zero-order chi connectivity index (χ0) is 17.2. The number of para-hydroxylation sites is 1. The maximum Gasteiger partial charge on any atom is 0.328 e. The highest BCUT2D eigenvalue weighted by molar-refractivity contribution is 5.81. The molecule has 0 amide bonds. The number of aliphatic carboxylic acids is 1. The van der Waals surface area contributed by atoms with Crippen LogP contribution in [0.3, 0.4) is 0 Å². The van der Waals surface area contributed by atoms with Crippen LogP contribution in [0.15, 0.2) is 29.1 Å². The number of carboxylic acid groups (broad SMARTS) is 1. The lowest BCUT2D eigenvalue weighted by atomic mass is 10.1. The summed E-state index contributed by atoms with van der Waals surface area (Å²) in [6.45, 7) is 5.04. The molecule has 0 bridgehead atoms. The normalized spacial score (nSPS) is 11.4. The van der Waals surface area contributed by atoms with E-state index in [2.05, 4.69) is 5.10 Å². The van der Waals surface area contributed by atoms with Gasteiger partial charge in [0.05, 0.1) is 11.9 Å². The largest absolute Gasteiger partial charge is 0.481 e. The van der Waals surface area contributed by atoms with Crippen molar-refractivity contribution in [3.05, 3.63) is 40.2 Å². The Morgan fingerprint density at radius 1 is 1.26 bits per heavy atom. The summed E-state index contributed by atoms with van der Waals surface area (Å²) < 4.78 is 6.56. The van der Waals surface area contributed by atoms with E-state index in [1.807, 2.05) is 0 Å². The van der Waals surface area contributed by atoms with Crippen LogP contribution in [0, 0.1) is 0 Å². The van der Waals surface area contributed by atoms with Gasteiger partial charge in [-0.25, -0.2) is 0 Å². The zero-order valence-electron chi connectivity index (χ0n) is 13.2. The third-order valence-electron chi connectivity index (χ3n) is 2.95. The minimum Gasteiger partial charge on any atom is -0.481 e. The predicted molar refractivity (Wildman–Crippen MR) is 83.2 cm³/mol. The van der Waals surface area contributed by atoms with Crippen LogP contribution >= 0.6 is 0 Å². The van der Waals surface area contributed by atoms with Crippen molar-refractivity contribution in [2.75, 3.05) is 0 Å². The number of benzene rings is 1. The summed E-state index contributed by atoms with van der Waals surface area (Å²) in [5.74, 6) is -1.67. The van der Waals surface area contributed by atoms with Crippen molar-refractivity contribution in [1.82, 2.24) is 9.78 Å². The molecular weight excluding hydrogens is 300 g/mol. The van der Waals surface area contributed by atoms with Crippen LogP contribution in [0.5, 0.6) is 0 Å². The van der Waals surface area contributed by atoms with E-state index in [0.717, 1.165) is 0 Å². The molecule has 1 N–H and O–H groups in total. The Bertz CT molecular complexity index is 817. The van der Waals surface area contributed by atoms with E-state index in [0.29, 0.717) is 10.9 Å². The maximum absolute atomic E-state index is 12.3. The molecule has 2 aromatic rings. The highest BCUT2D eigenvalue weighted by Gasteiger charge is 2.19. The van der Waals surface area contributed by atoms with E-state index >= 15 is 0 Å². The van der Waals surface area contributed by atoms with Crippen LogP contribution in [0.1, 0.15) is 26.5 Å². The molecule has 0 aliphatic rings. The molecule has 0 aliphatic heterocycles. The lowest BCUT2D eigenvalue weighted by Crippen LogP contribution is -2.29. The predicted octanol–water partition coefficient (Wildman–Crippen LogP) is 1.37. The summed E-state index contributed by atoms with van der Waals surface area (Å²) in [6, 6.07) is 6.62. The molecule has 0 saturated carbocycles. The summed E-state index contributed by atoms with van der Waals surface area (Å²) in [5, 5.41) is 13.3. The standard InChI is InChI=1S/C16H18N2O5/c1-16(2,3)23-14(21)9-18-12-7-5-4-6-10(12)15(22)11(17-18)8-13(19)20/h4-7H,8-9H2,1-3H3,(H,19,20). The summed E-state index contributed by atoms with van der Waals surface area (Å²) >= 11 is 0. The number of aromatic nitrogens is 2. The number of ether oxygens (including phenoxy) is 1. The third-order valence-corrected chi connectivity index (χ3v) is 2.95. The average Bonchev–Trinajstić information content (AvgIpc) is 2.41. The first-order chi connectivity index (χ1) is 10.7. The van der Waals surface area contributed by atoms with E-state index in [1.165, 1.54) is 4.68 Å². The molecule has 0 unspecified atom stereocenters. The van der Waals surface area contributed by atoms with E-state index in [4.69, 9.17) is 9.84 Å². The molecular formula is C16H18N2O5. The van der Waals surface area contributed by atoms with Crippen molar-refractivity contribution in [3.63, 3.8) is 0 Å². The number of hydrogen-bond donors (Lipinski definition) is 1. The Labute approximate surface area is 132 Å². The van der Waals surface area contributed by atoms with Crippen molar-refractivity contribution in [2.24, 2.45) is 0 Å². The first kappa shape index (κ1) is 16.7. The van der Waals surface area contributed by atoms with Crippen LogP contribution in [-0.2, 0) is 27.3 Å². The number of fused-ring (bicyclic) bond motifs is 1. The minimum atomic E-state index is -1.16. The molecule has 0 spiro atoms. The Kier molecular flexibility index (Phi) is 4.49. The van der Waals surface area contributed by atoms with Crippen LogP contribution in [0.4, 0.5) is 0 Å². The van der Waals surface area contributed by atoms with Gasteiger partial charge in [0.2, 0.25) is 5.43 Å². The van der Waals surface area contributed by atoms with E-state index in [-0.39, 0.29) is 12.2 Å². The van der Waals surface area contributed by atoms with Crippen molar-refractivity contribution in [3.8, 4) is 0 Å². The second-order valence-electron chi connectivity index (χ2n) is 6.11. The molecule has 0 saturated heterocycles. The number of rotatable bonds is 4. The van der Waals surface area contributed by atoms with Gasteiger partial charge in [0, 0.05) is 5.39 Å². The second kappa shape index (κ2) is 6.20. The minimum absolute atomic E-state index is 0.111. The van der Waals surface area contributed by atoms with Crippen LogP contribution < -0.4 is 5.43 Å². The molecule has 1 heterocycles. The van der Waals surface area contributed by atoms with Gasteiger partial charge in [0.25, 0.3) is 0 Å². The summed E-state index contributed by atoms with van der Waals surface area (Å²) in [6.07, 6.45) is -0.502. The van der Waals surface area contributed by atoms with Crippen molar-refractivity contribution in [1.29, 1.82) is 0 Å². The van der Waals surface area contributed by atoms with Crippen LogP contribution in [0.2, 0.25) is 0 Å². The number of carbonyl (C=O) groups is 2. The number of esters is 1. The Morgan fingerprint density at radius 3 is 2.52 bits per heavy atom. The monoisotopic (exact) mass is 318 g/mol. The lowest BCUT2D eigenvalue weighted by molar-refractivity contribution is -0.155. The van der Waals surface area contributed by atoms with Gasteiger partial charge in [-0.1, -0.05) is 12.1 Å². The number of carbonyl (C=O) groups excluding carboxylic acids is 1. The zero-order valence-corrected chi connectivity index (χ0v) is 13.2. The van der Waals surface area contributed by atoms with Crippen molar-refractivity contribution in [2.45, 2.75) is 39.3 Å². The highest BCUT2D eigenvalue weighted by atomic mass is 16.6. The Balaban J connectivity index is 2.49. The topological polar surface area (TPSA) is 98.5 Å². The molecule has 2 rings (SSSR count). The number of nitrogens with zero attached hydrogens (tertiary/aromatic N) is 2.